The van der Waals surface area contributed by atoms with Gasteiger partial charge in [0.2, 0.25) is 0 Å². The third-order valence-corrected chi connectivity index (χ3v) is 2.01. The molecule has 0 amide bonds. The molecular formula is C11H17NO. The molecule has 0 aliphatic rings. The van der Waals surface area contributed by atoms with E-state index in [1.165, 1.54) is 0 Å². The first kappa shape index (κ1) is 10.1. The van der Waals surface area contributed by atoms with E-state index in [1.807, 2.05) is 35.2 Å². The van der Waals surface area contributed by atoms with Gasteiger partial charge in [0.1, 0.15) is 6.23 Å². The molecule has 0 aliphatic heterocycles. The number of rotatable bonds is 3. The van der Waals surface area contributed by atoms with Crippen LogP contribution in [0.25, 0.3) is 0 Å². The van der Waals surface area contributed by atoms with Crippen LogP contribution >= 0.6 is 0 Å². The number of anilines is 1. The lowest BCUT2D eigenvalue weighted by atomic mass is 10.2. The highest BCUT2D eigenvalue weighted by Gasteiger charge is 2.14. The van der Waals surface area contributed by atoms with Crippen LogP contribution in [0.2, 0.25) is 0 Å². The average molecular weight is 179 g/mol. The zero-order valence-electron chi connectivity index (χ0n) is 8.44. The zero-order valence-corrected chi connectivity index (χ0v) is 8.44. The number of aliphatic hydroxyl groups is 1. The van der Waals surface area contributed by atoms with Crippen LogP contribution in [0.4, 0.5) is 5.69 Å². The molecule has 0 heterocycles. The summed E-state index contributed by atoms with van der Waals surface area (Å²) in [5.74, 6) is 0. The van der Waals surface area contributed by atoms with Gasteiger partial charge in [-0.3, -0.25) is 0 Å². The van der Waals surface area contributed by atoms with Gasteiger partial charge in [-0.25, -0.2) is 0 Å². The van der Waals surface area contributed by atoms with E-state index in [0.29, 0.717) is 6.04 Å². The minimum absolute atomic E-state index is 0.308. The Bertz CT molecular complexity index is 236. The van der Waals surface area contributed by atoms with E-state index in [4.69, 9.17) is 0 Å². The van der Waals surface area contributed by atoms with E-state index in [1.54, 1.807) is 6.92 Å². The molecule has 0 radical (unpaired) electrons. The average Bonchev–Trinajstić information content (AvgIpc) is 2.04. The first-order chi connectivity index (χ1) is 6.13. The first-order valence-electron chi connectivity index (χ1n) is 4.64. The molecule has 0 fully saturated rings. The van der Waals surface area contributed by atoms with Crippen LogP contribution in [0.5, 0.6) is 0 Å². The second kappa shape index (κ2) is 4.28. The third-order valence-electron chi connectivity index (χ3n) is 2.01. The molecule has 0 saturated carbocycles. The van der Waals surface area contributed by atoms with Crippen molar-refractivity contribution >= 4 is 5.69 Å². The molecule has 0 saturated heterocycles. The number of nitrogens with zero attached hydrogens (tertiary/aromatic N) is 1. The van der Waals surface area contributed by atoms with Crippen molar-refractivity contribution in [2.45, 2.75) is 33.0 Å². The van der Waals surface area contributed by atoms with Crippen molar-refractivity contribution in [2.24, 2.45) is 0 Å². The summed E-state index contributed by atoms with van der Waals surface area (Å²) in [6.45, 7) is 5.92. The summed E-state index contributed by atoms with van der Waals surface area (Å²) in [4.78, 5) is 1.97. The molecule has 1 unspecified atom stereocenters. The lowest BCUT2D eigenvalue weighted by molar-refractivity contribution is 0.180. The van der Waals surface area contributed by atoms with E-state index in [-0.39, 0.29) is 0 Å². The minimum Gasteiger partial charge on any atom is -0.374 e. The van der Waals surface area contributed by atoms with Gasteiger partial charge in [-0.2, -0.15) is 0 Å². The Hall–Kier alpha value is -1.02. The third kappa shape index (κ3) is 2.46. The quantitative estimate of drug-likeness (QED) is 0.719. The van der Waals surface area contributed by atoms with Crippen LogP contribution in [0.3, 0.4) is 0 Å². The van der Waals surface area contributed by atoms with E-state index < -0.39 is 6.23 Å². The summed E-state index contributed by atoms with van der Waals surface area (Å²) in [5.41, 5.74) is 1.06. The van der Waals surface area contributed by atoms with Gasteiger partial charge < -0.3 is 10.0 Å². The van der Waals surface area contributed by atoms with Crippen LogP contribution in [0.15, 0.2) is 30.3 Å². The largest absolute Gasteiger partial charge is 0.374 e. The summed E-state index contributed by atoms with van der Waals surface area (Å²) >= 11 is 0. The molecule has 1 atom stereocenters. The van der Waals surface area contributed by atoms with Crippen LogP contribution in [0.1, 0.15) is 20.8 Å². The molecule has 1 aromatic rings. The maximum Gasteiger partial charge on any atom is 0.124 e. The molecule has 0 aromatic heterocycles. The van der Waals surface area contributed by atoms with Gasteiger partial charge in [0.15, 0.2) is 0 Å². The second-order valence-electron chi connectivity index (χ2n) is 3.47. The van der Waals surface area contributed by atoms with Crippen LogP contribution in [-0.2, 0) is 0 Å². The highest BCUT2D eigenvalue weighted by molar-refractivity contribution is 5.47. The maximum atomic E-state index is 9.56. The highest BCUT2D eigenvalue weighted by Crippen LogP contribution is 2.17. The van der Waals surface area contributed by atoms with Crippen molar-refractivity contribution in [1.29, 1.82) is 0 Å². The Morgan fingerprint density at radius 3 is 2.00 bits per heavy atom. The standard InChI is InChI=1S/C11H17NO/c1-9(2)12(10(3)13)11-7-5-4-6-8-11/h4-10,13H,1-3H3. The molecule has 2 heteroatoms. The normalized spacial score (nSPS) is 13.0. The number of aliphatic hydroxyl groups excluding tert-OH is 1. The van der Waals surface area contributed by atoms with E-state index in [9.17, 15) is 5.11 Å². The van der Waals surface area contributed by atoms with E-state index in [0.717, 1.165) is 5.69 Å². The van der Waals surface area contributed by atoms with Crippen molar-refractivity contribution in [1.82, 2.24) is 0 Å². The zero-order chi connectivity index (χ0) is 9.84. The van der Waals surface area contributed by atoms with Crippen LogP contribution in [0, 0.1) is 0 Å². The Labute approximate surface area is 79.8 Å². The number of hydrogen-bond donors (Lipinski definition) is 1. The SMILES string of the molecule is CC(C)N(c1ccccc1)C(C)O. The number of hydrogen-bond acceptors (Lipinski definition) is 2. The molecule has 2 nitrogen and oxygen atoms in total. The van der Waals surface area contributed by atoms with Crippen molar-refractivity contribution < 1.29 is 5.11 Å². The molecule has 0 aliphatic carbocycles. The molecule has 13 heavy (non-hydrogen) atoms. The number of benzene rings is 1. The van der Waals surface area contributed by atoms with Crippen molar-refractivity contribution in [3.8, 4) is 0 Å². The topological polar surface area (TPSA) is 23.5 Å². The summed E-state index contributed by atoms with van der Waals surface area (Å²) in [6.07, 6.45) is -0.442. The van der Waals surface area contributed by atoms with Crippen LogP contribution < -0.4 is 4.90 Å². The second-order valence-corrected chi connectivity index (χ2v) is 3.47. The van der Waals surface area contributed by atoms with Crippen LogP contribution in [-0.4, -0.2) is 17.4 Å². The van der Waals surface area contributed by atoms with Crippen molar-refractivity contribution in [2.75, 3.05) is 4.90 Å². The lowest BCUT2D eigenvalue weighted by Crippen LogP contribution is -2.38. The fourth-order valence-corrected chi connectivity index (χ4v) is 1.55. The molecule has 1 N–H and O–H groups in total. The summed E-state index contributed by atoms with van der Waals surface area (Å²) in [7, 11) is 0. The minimum atomic E-state index is -0.442. The van der Waals surface area contributed by atoms with Gasteiger partial charge in [-0.05, 0) is 32.9 Å². The summed E-state index contributed by atoms with van der Waals surface area (Å²) in [5, 5.41) is 9.56. The Kier molecular flexibility index (Phi) is 3.32. The predicted octanol–water partition coefficient (Wildman–Crippen LogP) is 2.24. The fourth-order valence-electron chi connectivity index (χ4n) is 1.55. The number of para-hydroxylation sites is 1. The Morgan fingerprint density at radius 1 is 1.08 bits per heavy atom. The van der Waals surface area contributed by atoms with E-state index in [2.05, 4.69) is 13.8 Å². The molecule has 0 spiro atoms. The fraction of sp³-hybridized carbons (Fsp3) is 0.455. The monoisotopic (exact) mass is 179 g/mol. The molecule has 1 rings (SSSR count). The molecule has 1 aromatic carbocycles. The summed E-state index contributed by atoms with van der Waals surface area (Å²) in [6, 6.07) is 10.3. The lowest BCUT2D eigenvalue weighted by Gasteiger charge is -2.31. The molecular weight excluding hydrogens is 162 g/mol. The first-order valence-corrected chi connectivity index (χ1v) is 4.64. The smallest absolute Gasteiger partial charge is 0.124 e. The van der Waals surface area contributed by atoms with Gasteiger partial charge in [-0.15, -0.1) is 0 Å². The maximum absolute atomic E-state index is 9.56. The van der Waals surface area contributed by atoms with Gasteiger partial charge >= 0.3 is 0 Å². The van der Waals surface area contributed by atoms with Gasteiger partial charge in [0.05, 0.1) is 0 Å². The van der Waals surface area contributed by atoms with Crippen molar-refractivity contribution in [3.05, 3.63) is 30.3 Å². The van der Waals surface area contributed by atoms with Gasteiger partial charge in [0, 0.05) is 11.7 Å². The predicted molar refractivity (Wildman–Crippen MR) is 55.7 cm³/mol. The Balaban J connectivity index is 2.89. The highest BCUT2D eigenvalue weighted by atomic mass is 16.3. The van der Waals surface area contributed by atoms with Gasteiger partial charge in [0.25, 0.3) is 0 Å². The Morgan fingerprint density at radius 2 is 1.62 bits per heavy atom. The summed E-state index contributed by atoms with van der Waals surface area (Å²) < 4.78 is 0. The molecule has 72 valence electrons. The van der Waals surface area contributed by atoms with Crippen molar-refractivity contribution in [3.63, 3.8) is 0 Å². The molecule has 0 bridgehead atoms. The van der Waals surface area contributed by atoms with E-state index >= 15 is 0 Å². The van der Waals surface area contributed by atoms with Gasteiger partial charge in [-0.1, -0.05) is 18.2 Å².